The topological polar surface area (TPSA) is 58.6 Å². The Bertz CT molecular complexity index is 593. The van der Waals surface area contributed by atoms with Gasteiger partial charge >= 0.3 is 6.18 Å². The van der Waals surface area contributed by atoms with Crippen LogP contribution in [0.2, 0.25) is 0 Å². The van der Waals surface area contributed by atoms with Crippen molar-refractivity contribution in [1.29, 1.82) is 0 Å². The maximum atomic E-state index is 13.2. The number of nitrogens with zero attached hydrogens (tertiary/aromatic N) is 1. The van der Waals surface area contributed by atoms with Gasteiger partial charge in [-0.25, -0.2) is 0 Å². The van der Waals surface area contributed by atoms with E-state index in [1.54, 1.807) is 12.1 Å². The van der Waals surface area contributed by atoms with E-state index < -0.39 is 30.8 Å². The van der Waals surface area contributed by atoms with Gasteiger partial charge in [0.05, 0.1) is 6.61 Å². The van der Waals surface area contributed by atoms with Crippen LogP contribution in [0.3, 0.4) is 0 Å². The van der Waals surface area contributed by atoms with E-state index in [9.17, 15) is 22.8 Å². The number of likely N-dealkylation sites (tertiary alicyclic amines) is 1. The third-order valence-corrected chi connectivity index (χ3v) is 4.02. The molecular formula is C17H21F3N2O3. The predicted molar refractivity (Wildman–Crippen MR) is 84.5 cm³/mol. The molecule has 1 aromatic carbocycles. The minimum absolute atomic E-state index is 0.145. The monoisotopic (exact) mass is 358 g/mol. The average Bonchev–Trinajstić information content (AvgIpc) is 2.54. The molecule has 0 spiro atoms. The number of carbonyl (C=O) groups excluding carboxylic acids is 2. The van der Waals surface area contributed by atoms with Crippen LogP contribution in [0, 0.1) is 0 Å². The third kappa shape index (κ3) is 5.74. The van der Waals surface area contributed by atoms with E-state index in [1.807, 2.05) is 18.2 Å². The summed E-state index contributed by atoms with van der Waals surface area (Å²) in [4.78, 5) is 24.2. The van der Waals surface area contributed by atoms with Gasteiger partial charge in [-0.3, -0.25) is 9.59 Å². The molecular weight excluding hydrogens is 337 g/mol. The molecule has 1 aliphatic rings. The lowest BCUT2D eigenvalue weighted by molar-refractivity contribution is -0.199. The van der Waals surface area contributed by atoms with Crippen LogP contribution < -0.4 is 5.32 Å². The minimum atomic E-state index is -4.50. The van der Waals surface area contributed by atoms with Crippen LogP contribution in [0.5, 0.6) is 0 Å². The second-order valence-electron chi connectivity index (χ2n) is 6.06. The first-order valence-corrected chi connectivity index (χ1v) is 8.02. The SMILES string of the molecule is CC(=O)N[C@H]1CC[C@@H](C(F)(F)F)N(C(=O)COCc2ccccc2)C1. The molecule has 0 radical (unpaired) electrons. The highest BCUT2D eigenvalue weighted by Gasteiger charge is 2.48. The molecule has 1 fully saturated rings. The highest BCUT2D eigenvalue weighted by Crippen LogP contribution is 2.32. The van der Waals surface area contributed by atoms with Gasteiger partial charge in [-0.1, -0.05) is 30.3 Å². The Hall–Kier alpha value is -2.09. The number of hydrogen-bond donors (Lipinski definition) is 1. The maximum Gasteiger partial charge on any atom is 0.408 e. The fourth-order valence-electron chi connectivity index (χ4n) is 2.91. The van der Waals surface area contributed by atoms with Crippen LogP contribution in [0.25, 0.3) is 0 Å². The lowest BCUT2D eigenvalue weighted by Gasteiger charge is -2.40. The number of carbonyl (C=O) groups is 2. The van der Waals surface area contributed by atoms with Crippen LogP contribution in [0.1, 0.15) is 25.3 Å². The molecule has 2 amide bonds. The van der Waals surface area contributed by atoms with E-state index >= 15 is 0 Å². The van der Waals surface area contributed by atoms with E-state index in [0.717, 1.165) is 10.5 Å². The molecule has 1 heterocycles. The van der Waals surface area contributed by atoms with Gasteiger partial charge in [-0.15, -0.1) is 0 Å². The average molecular weight is 358 g/mol. The van der Waals surface area contributed by atoms with E-state index in [2.05, 4.69) is 5.32 Å². The van der Waals surface area contributed by atoms with Gasteiger partial charge in [-0.2, -0.15) is 13.2 Å². The molecule has 138 valence electrons. The van der Waals surface area contributed by atoms with Gasteiger partial charge in [-0.05, 0) is 18.4 Å². The zero-order chi connectivity index (χ0) is 18.4. The number of amides is 2. The van der Waals surface area contributed by atoms with Crippen molar-refractivity contribution in [1.82, 2.24) is 10.2 Å². The Kier molecular flexibility index (Phi) is 6.41. The predicted octanol–water partition coefficient (Wildman–Crippen LogP) is 2.26. The number of alkyl halides is 3. The first-order chi connectivity index (χ1) is 11.8. The molecule has 0 saturated carbocycles. The lowest BCUT2D eigenvalue weighted by Crippen LogP contribution is -2.58. The normalized spacial score (nSPS) is 21.0. The van der Waals surface area contributed by atoms with Crippen molar-refractivity contribution in [3.8, 4) is 0 Å². The molecule has 2 rings (SSSR count). The van der Waals surface area contributed by atoms with Crippen molar-refractivity contribution < 1.29 is 27.5 Å². The molecule has 0 unspecified atom stereocenters. The molecule has 1 saturated heterocycles. The van der Waals surface area contributed by atoms with E-state index in [4.69, 9.17) is 4.74 Å². The van der Waals surface area contributed by atoms with Gasteiger partial charge in [0.25, 0.3) is 0 Å². The van der Waals surface area contributed by atoms with Gasteiger partial charge in [0.15, 0.2) is 0 Å². The standard InChI is InChI=1S/C17H21F3N2O3/c1-12(23)21-14-7-8-15(17(18,19)20)22(9-14)16(24)11-25-10-13-5-3-2-4-6-13/h2-6,14-15H,7-11H2,1H3,(H,21,23)/t14-,15-/m0/s1. The van der Waals surface area contributed by atoms with Gasteiger partial charge in [0.1, 0.15) is 12.6 Å². The zero-order valence-electron chi connectivity index (χ0n) is 13.9. The molecule has 0 bridgehead atoms. The number of nitrogens with one attached hydrogen (secondary N) is 1. The molecule has 0 aromatic heterocycles. The highest BCUT2D eigenvalue weighted by atomic mass is 19.4. The van der Waals surface area contributed by atoms with Crippen molar-refractivity contribution in [3.63, 3.8) is 0 Å². The molecule has 5 nitrogen and oxygen atoms in total. The first-order valence-electron chi connectivity index (χ1n) is 8.02. The molecule has 1 aliphatic heterocycles. The zero-order valence-corrected chi connectivity index (χ0v) is 13.9. The van der Waals surface area contributed by atoms with E-state index in [-0.39, 0.29) is 31.9 Å². The van der Waals surface area contributed by atoms with E-state index in [0.29, 0.717) is 0 Å². The molecule has 1 aromatic rings. The molecule has 0 aliphatic carbocycles. The maximum absolute atomic E-state index is 13.2. The summed E-state index contributed by atoms with van der Waals surface area (Å²) in [7, 11) is 0. The summed E-state index contributed by atoms with van der Waals surface area (Å²) in [6.07, 6.45) is -4.56. The fraction of sp³-hybridized carbons (Fsp3) is 0.529. The Balaban J connectivity index is 1.96. The molecule has 2 atom stereocenters. The molecule has 25 heavy (non-hydrogen) atoms. The summed E-state index contributed by atoms with van der Waals surface area (Å²) in [5.74, 6) is -1.06. The second-order valence-corrected chi connectivity index (χ2v) is 6.06. The van der Waals surface area contributed by atoms with Crippen molar-refractivity contribution >= 4 is 11.8 Å². The number of rotatable bonds is 5. The summed E-state index contributed by atoms with van der Waals surface area (Å²) in [6, 6.07) is 6.73. The number of halogens is 3. The van der Waals surface area contributed by atoms with Crippen molar-refractivity contribution in [3.05, 3.63) is 35.9 Å². The number of hydrogen-bond acceptors (Lipinski definition) is 3. The smallest absolute Gasteiger partial charge is 0.367 e. The fourth-order valence-corrected chi connectivity index (χ4v) is 2.91. The van der Waals surface area contributed by atoms with Crippen LogP contribution in [0.15, 0.2) is 30.3 Å². The van der Waals surface area contributed by atoms with Crippen molar-refractivity contribution in [2.45, 2.75) is 44.6 Å². The molecule has 8 heteroatoms. The Labute approximate surface area is 144 Å². The Morgan fingerprint density at radius 3 is 2.52 bits per heavy atom. The largest absolute Gasteiger partial charge is 0.408 e. The van der Waals surface area contributed by atoms with Crippen LogP contribution in [0.4, 0.5) is 13.2 Å². The summed E-state index contributed by atoms with van der Waals surface area (Å²) in [6.45, 7) is 0.836. The van der Waals surface area contributed by atoms with Crippen LogP contribution in [-0.2, 0) is 20.9 Å². The van der Waals surface area contributed by atoms with Crippen LogP contribution in [-0.4, -0.2) is 48.1 Å². The van der Waals surface area contributed by atoms with E-state index in [1.165, 1.54) is 6.92 Å². The van der Waals surface area contributed by atoms with Crippen molar-refractivity contribution in [2.75, 3.05) is 13.2 Å². The summed E-state index contributed by atoms with van der Waals surface area (Å²) >= 11 is 0. The molecule has 1 N–H and O–H groups in total. The minimum Gasteiger partial charge on any atom is -0.367 e. The third-order valence-electron chi connectivity index (χ3n) is 4.02. The summed E-state index contributed by atoms with van der Waals surface area (Å²) < 4.78 is 44.9. The summed E-state index contributed by atoms with van der Waals surface area (Å²) in [5.41, 5.74) is 0.831. The van der Waals surface area contributed by atoms with Crippen molar-refractivity contribution in [2.24, 2.45) is 0 Å². The number of benzene rings is 1. The first kappa shape index (κ1) is 19.2. The Morgan fingerprint density at radius 2 is 1.92 bits per heavy atom. The van der Waals surface area contributed by atoms with Gasteiger partial charge in [0, 0.05) is 19.5 Å². The lowest BCUT2D eigenvalue weighted by atomic mass is 9.97. The Morgan fingerprint density at radius 1 is 1.24 bits per heavy atom. The number of ether oxygens (including phenoxy) is 1. The quantitative estimate of drug-likeness (QED) is 0.878. The number of piperidine rings is 1. The second kappa shape index (κ2) is 8.33. The van der Waals surface area contributed by atoms with Gasteiger partial charge < -0.3 is 15.0 Å². The van der Waals surface area contributed by atoms with Crippen LogP contribution >= 0.6 is 0 Å². The highest BCUT2D eigenvalue weighted by molar-refractivity contribution is 5.78. The summed E-state index contributed by atoms with van der Waals surface area (Å²) in [5, 5.41) is 2.58. The van der Waals surface area contributed by atoms with Gasteiger partial charge in [0.2, 0.25) is 11.8 Å².